The Kier molecular flexibility index (Phi) is 4.64. The van der Waals surface area contributed by atoms with Crippen molar-refractivity contribution in [3.8, 4) is 0 Å². The Morgan fingerprint density at radius 1 is 1.32 bits per heavy atom. The van der Waals surface area contributed by atoms with Gasteiger partial charge in [-0.15, -0.1) is 0 Å². The Labute approximate surface area is 147 Å². The van der Waals surface area contributed by atoms with Gasteiger partial charge in [0, 0.05) is 17.4 Å². The summed E-state index contributed by atoms with van der Waals surface area (Å²) in [7, 11) is 0. The van der Waals surface area contributed by atoms with Crippen LogP contribution < -0.4 is 0 Å². The minimum atomic E-state index is -0.681. The number of esters is 3. The molecule has 5 atom stereocenters. The highest BCUT2D eigenvalue weighted by Crippen LogP contribution is 2.55. The molecule has 3 rings (SSSR count). The van der Waals surface area contributed by atoms with Crippen LogP contribution in [-0.2, 0) is 28.6 Å². The van der Waals surface area contributed by atoms with Crippen LogP contribution in [0.1, 0.15) is 46.5 Å². The first kappa shape index (κ1) is 18.0. The zero-order chi connectivity index (χ0) is 18.4. The summed E-state index contributed by atoms with van der Waals surface area (Å²) in [4.78, 5) is 35.7. The lowest BCUT2D eigenvalue weighted by atomic mass is 9.86. The summed E-state index contributed by atoms with van der Waals surface area (Å²) in [6.07, 6.45) is 2.24. The van der Waals surface area contributed by atoms with Crippen molar-refractivity contribution >= 4 is 17.9 Å². The summed E-state index contributed by atoms with van der Waals surface area (Å²) < 4.78 is 16.3. The van der Waals surface area contributed by atoms with Crippen molar-refractivity contribution in [3.05, 3.63) is 12.2 Å². The number of fused-ring (bicyclic) bond motifs is 1. The lowest BCUT2D eigenvalue weighted by molar-refractivity contribution is -0.170. The number of hydrogen-bond donors (Lipinski definition) is 0. The molecule has 2 aliphatic carbocycles. The lowest BCUT2D eigenvalue weighted by Gasteiger charge is -2.30. The van der Waals surface area contributed by atoms with Crippen molar-refractivity contribution in [2.45, 2.75) is 58.7 Å². The van der Waals surface area contributed by atoms with E-state index in [-0.39, 0.29) is 48.5 Å². The van der Waals surface area contributed by atoms with E-state index < -0.39 is 11.4 Å². The highest BCUT2D eigenvalue weighted by Gasteiger charge is 2.63. The summed E-state index contributed by atoms with van der Waals surface area (Å²) >= 11 is 0. The second kappa shape index (κ2) is 6.46. The van der Waals surface area contributed by atoms with E-state index in [1.54, 1.807) is 6.92 Å². The molecule has 25 heavy (non-hydrogen) atoms. The molecule has 0 N–H and O–H groups in total. The molecule has 0 radical (unpaired) electrons. The Hall–Kier alpha value is -1.85. The molecule has 6 nitrogen and oxygen atoms in total. The van der Waals surface area contributed by atoms with Gasteiger partial charge in [-0.1, -0.05) is 6.58 Å². The van der Waals surface area contributed by atoms with Crippen molar-refractivity contribution in [1.29, 1.82) is 0 Å². The van der Waals surface area contributed by atoms with E-state index in [2.05, 4.69) is 6.58 Å². The molecule has 3 fully saturated rings. The molecule has 0 aromatic heterocycles. The van der Waals surface area contributed by atoms with E-state index in [0.717, 1.165) is 12.8 Å². The van der Waals surface area contributed by atoms with Gasteiger partial charge in [-0.3, -0.25) is 9.59 Å². The molecular formula is C19H26O6. The first-order valence-corrected chi connectivity index (χ1v) is 8.95. The molecule has 1 saturated heterocycles. The van der Waals surface area contributed by atoms with Gasteiger partial charge in [0.1, 0.15) is 12.2 Å². The maximum Gasteiger partial charge on any atom is 0.333 e. The van der Waals surface area contributed by atoms with Crippen LogP contribution in [0.25, 0.3) is 0 Å². The van der Waals surface area contributed by atoms with E-state index in [4.69, 9.17) is 14.2 Å². The Morgan fingerprint density at radius 2 is 2.04 bits per heavy atom. The summed E-state index contributed by atoms with van der Waals surface area (Å²) in [6.45, 7) is 9.02. The second-order valence-electron chi connectivity index (χ2n) is 8.18. The molecule has 1 heterocycles. The van der Waals surface area contributed by atoms with Gasteiger partial charge in [0.05, 0.1) is 17.9 Å². The van der Waals surface area contributed by atoms with Crippen LogP contribution in [0.3, 0.4) is 0 Å². The predicted octanol–water partition coefficient (Wildman–Crippen LogP) is 2.41. The molecule has 6 heteroatoms. The SMILES string of the molecule is C=C(C)C(=O)OCCCC(C)(C)C(=O)OC1C2CC3C(=O)OC1C3C2. The van der Waals surface area contributed by atoms with E-state index in [9.17, 15) is 14.4 Å². The van der Waals surface area contributed by atoms with Gasteiger partial charge in [0.15, 0.2) is 0 Å². The normalized spacial score (nSPS) is 32.4. The van der Waals surface area contributed by atoms with Gasteiger partial charge in [-0.2, -0.15) is 0 Å². The average Bonchev–Trinajstić information content (AvgIpc) is 3.16. The minimum absolute atomic E-state index is 0.0148. The van der Waals surface area contributed by atoms with Crippen LogP contribution in [0.4, 0.5) is 0 Å². The Bertz CT molecular complexity index is 607. The first-order chi connectivity index (χ1) is 11.7. The van der Waals surface area contributed by atoms with E-state index in [1.807, 2.05) is 13.8 Å². The van der Waals surface area contributed by atoms with E-state index >= 15 is 0 Å². The molecule has 0 spiro atoms. The Morgan fingerprint density at radius 3 is 2.72 bits per heavy atom. The maximum atomic E-state index is 12.6. The third kappa shape index (κ3) is 3.31. The van der Waals surface area contributed by atoms with Crippen molar-refractivity contribution in [2.75, 3.05) is 6.61 Å². The molecule has 2 saturated carbocycles. The van der Waals surface area contributed by atoms with Crippen molar-refractivity contribution in [3.63, 3.8) is 0 Å². The molecule has 0 amide bonds. The first-order valence-electron chi connectivity index (χ1n) is 8.95. The molecule has 5 unspecified atom stereocenters. The van der Waals surface area contributed by atoms with Crippen molar-refractivity contribution in [1.82, 2.24) is 0 Å². The number of carbonyl (C=O) groups excluding carboxylic acids is 3. The van der Waals surface area contributed by atoms with Crippen LogP contribution in [0.5, 0.6) is 0 Å². The van der Waals surface area contributed by atoms with Gasteiger partial charge in [0.25, 0.3) is 0 Å². The van der Waals surface area contributed by atoms with E-state index in [1.165, 1.54) is 0 Å². The number of carbonyl (C=O) groups is 3. The van der Waals surface area contributed by atoms with Gasteiger partial charge in [-0.05, 0) is 46.5 Å². The zero-order valence-electron chi connectivity index (χ0n) is 15.1. The largest absolute Gasteiger partial charge is 0.462 e. The van der Waals surface area contributed by atoms with Crippen LogP contribution in [-0.4, -0.2) is 36.7 Å². The highest BCUT2D eigenvalue weighted by molar-refractivity contribution is 5.86. The predicted molar refractivity (Wildman–Crippen MR) is 88.3 cm³/mol. The standard InChI is InChI=1S/C19H26O6/c1-10(2)16(20)23-7-5-6-19(3,4)18(22)25-14-11-8-12-13(9-11)17(21)24-15(12)14/h11-15H,1,5-9H2,2-4H3. The summed E-state index contributed by atoms with van der Waals surface area (Å²) in [5, 5.41) is 0. The third-order valence-electron chi connectivity index (χ3n) is 5.74. The zero-order valence-corrected chi connectivity index (χ0v) is 15.1. The smallest absolute Gasteiger partial charge is 0.333 e. The molecule has 0 aromatic rings. The summed E-state index contributed by atoms with van der Waals surface area (Å²) in [6, 6.07) is 0. The van der Waals surface area contributed by atoms with Crippen LogP contribution in [0.15, 0.2) is 12.2 Å². The highest BCUT2D eigenvalue weighted by atomic mass is 16.6. The monoisotopic (exact) mass is 350 g/mol. The van der Waals surface area contributed by atoms with Crippen LogP contribution in [0, 0.1) is 23.2 Å². The number of ether oxygens (including phenoxy) is 3. The third-order valence-corrected chi connectivity index (χ3v) is 5.74. The van der Waals surface area contributed by atoms with Gasteiger partial charge < -0.3 is 14.2 Å². The molecule has 0 aromatic carbocycles. The topological polar surface area (TPSA) is 78.9 Å². The molecular weight excluding hydrogens is 324 g/mol. The summed E-state index contributed by atoms with van der Waals surface area (Å²) in [5.74, 6) is -0.353. The van der Waals surface area contributed by atoms with Crippen molar-refractivity contribution in [2.24, 2.45) is 23.2 Å². The van der Waals surface area contributed by atoms with Crippen LogP contribution >= 0.6 is 0 Å². The van der Waals surface area contributed by atoms with Gasteiger partial charge in [-0.25, -0.2) is 4.79 Å². The maximum absolute atomic E-state index is 12.6. The number of rotatable bonds is 7. The molecule has 138 valence electrons. The second-order valence-corrected chi connectivity index (χ2v) is 8.18. The molecule has 3 aliphatic rings. The minimum Gasteiger partial charge on any atom is -0.462 e. The fourth-order valence-corrected chi connectivity index (χ4v) is 4.25. The summed E-state index contributed by atoms with van der Waals surface area (Å²) in [5.41, 5.74) is -0.321. The van der Waals surface area contributed by atoms with Crippen LogP contribution in [0.2, 0.25) is 0 Å². The molecule has 1 aliphatic heterocycles. The fourth-order valence-electron chi connectivity index (χ4n) is 4.25. The Balaban J connectivity index is 1.48. The van der Waals surface area contributed by atoms with Gasteiger partial charge in [0.2, 0.25) is 0 Å². The van der Waals surface area contributed by atoms with Crippen molar-refractivity contribution < 1.29 is 28.6 Å². The lowest BCUT2D eigenvalue weighted by Crippen LogP contribution is -2.39. The average molecular weight is 350 g/mol. The van der Waals surface area contributed by atoms with Gasteiger partial charge >= 0.3 is 17.9 Å². The van der Waals surface area contributed by atoms with E-state index in [0.29, 0.717) is 18.4 Å². The number of hydrogen-bond acceptors (Lipinski definition) is 6. The molecule has 2 bridgehead atoms. The fraction of sp³-hybridized carbons (Fsp3) is 0.737. The quantitative estimate of drug-likeness (QED) is 0.304.